The predicted molar refractivity (Wildman–Crippen MR) is 64.9 cm³/mol. The summed E-state index contributed by atoms with van der Waals surface area (Å²) in [5, 5.41) is 5.73. The van der Waals surface area contributed by atoms with Crippen LogP contribution in [0.5, 0.6) is 0 Å². The highest BCUT2D eigenvalue weighted by atomic mass is 16.2. The van der Waals surface area contributed by atoms with Gasteiger partial charge in [-0.2, -0.15) is 0 Å². The number of hydrogen-bond donors (Lipinski definition) is 3. The summed E-state index contributed by atoms with van der Waals surface area (Å²) in [6.45, 7) is 2.78. The van der Waals surface area contributed by atoms with E-state index in [0.717, 1.165) is 12.2 Å². The quantitative estimate of drug-likeness (QED) is 0.744. The zero-order valence-corrected chi connectivity index (χ0v) is 9.40. The monoisotopic (exact) mass is 231 g/mol. The van der Waals surface area contributed by atoms with E-state index >= 15 is 0 Å². The van der Waals surface area contributed by atoms with E-state index in [9.17, 15) is 4.79 Å². The first-order chi connectivity index (χ1) is 8.29. The number of anilines is 2. The fraction of sp³-hybridized carbons (Fsp3) is 0.182. The Morgan fingerprint density at radius 2 is 2.29 bits per heavy atom. The number of nitrogens with one attached hydrogen (secondary N) is 3. The van der Waals surface area contributed by atoms with Crippen LogP contribution >= 0.6 is 0 Å². The van der Waals surface area contributed by atoms with Crippen LogP contribution in [0.3, 0.4) is 0 Å². The van der Waals surface area contributed by atoms with E-state index in [0.29, 0.717) is 11.6 Å². The number of H-pyrrole nitrogens is 1. The van der Waals surface area contributed by atoms with Crippen LogP contribution in [-0.4, -0.2) is 27.4 Å². The zero-order valence-electron chi connectivity index (χ0n) is 9.40. The molecule has 0 saturated heterocycles. The summed E-state index contributed by atoms with van der Waals surface area (Å²) in [4.78, 5) is 22.5. The predicted octanol–water partition coefficient (Wildman–Crippen LogP) is 1.49. The summed E-state index contributed by atoms with van der Waals surface area (Å²) >= 11 is 0. The normalized spacial score (nSPS) is 9.94. The van der Waals surface area contributed by atoms with Gasteiger partial charge in [0, 0.05) is 30.8 Å². The van der Waals surface area contributed by atoms with Crippen molar-refractivity contribution in [1.29, 1.82) is 0 Å². The lowest BCUT2D eigenvalue weighted by Gasteiger charge is -2.05. The van der Waals surface area contributed by atoms with E-state index in [4.69, 9.17) is 0 Å². The molecule has 2 aromatic rings. The van der Waals surface area contributed by atoms with Crippen molar-refractivity contribution < 1.29 is 4.79 Å². The molecule has 2 aromatic heterocycles. The number of pyridine rings is 1. The van der Waals surface area contributed by atoms with Crippen LogP contribution in [0.4, 0.5) is 11.6 Å². The second-order valence-electron chi connectivity index (χ2n) is 3.35. The van der Waals surface area contributed by atoms with Gasteiger partial charge in [0.1, 0.15) is 5.69 Å². The lowest BCUT2D eigenvalue weighted by Crippen LogP contribution is -2.14. The molecule has 2 rings (SSSR count). The third kappa shape index (κ3) is 2.81. The minimum absolute atomic E-state index is 0.292. The van der Waals surface area contributed by atoms with Gasteiger partial charge in [0.25, 0.3) is 5.91 Å². The molecule has 0 aliphatic rings. The average molecular weight is 231 g/mol. The van der Waals surface area contributed by atoms with Crippen molar-refractivity contribution in [2.45, 2.75) is 6.92 Å². The molecule has 0 atom stereocenters. The van der Waals surface area contributed by atoms with Crippen molar-refractivity contribution in [3.63, 3.8) is 0 Å². The maximum absolute atomic E-state index is 11.8. The molecule has 17 heavy (non-hydrogen) atoms. The number of carbonyl (C=O) groups excluding carboxylic acids is 1. The first-order valence-corrected chi connectivity index (χ1v) is 5.30. The van der Waals surface area contributed by atoms with Crippen molar-refractivity contribution >= 4 is 17.5 Å². The Morgan fingerprint density at radius 3 is 3.00 bits per heavy atom. The van der Waals surface area contributed by atoms with E-state index in [1.54, 1.807) is 24.7 Å². The second-order valence-corrected chi connectivity index (χ2v) is 3.35. The Labute approximate surface area is 98.5 Å². The highest BCUT2D eigenvalue weighted by molar-refractivity contribution is 6.02. The molecule has 0 aromatic carbocycles. The first kappa shape index (κ1) is 11.1. The lowest BCUT2D eigenvalue weighted by molar-refractivity contribution is 0.102. The van der Waals surface area contributed by atoms with Gasteiger partial charge in [0.15, 0.2) is 0 Å². The van der Waals surface area contributed by atoms with Crippen LogP contribution in [0.15, 0.2) is 30.7 Å². The molecule has 1 amide bonds. The molecule has 6 heteroatoms. The highest BCUT2D eigenvalue weighted by Gasteiger charge is 2.09. The van der Waals surface area contributed by atoms with Crippen LogP contribution in [0.25, 0.3) is 0 Å². The molecule has 88 valence electrons. The fourth-order valence-corrected chi connectivity index (χ4v) is 1.37. The Bertz CT molecular complexity index is 494. The van der Waals surface area contributed by atoms with Crippen LogP contribution in [0.1, 0.15) is 17.4 Å². The summed E-state index contributed by atoms with van der Waals surface area (Å²) in [6, 6.07) is 3.51. The van der Waals surface area contributed by atoms with Gasteiger partial charge in [0.05, 0.1) is 0 Å². The van der Waals surface area contributed by atoms with Gasteiger partial charge in [-0.25, -0.2) is 4.98 Å². The number of aromatic nitrogens is 3. The van der Waals surface area contributed by atoms with Gasteiger partial charge in [-0.05, 0) is 19.1 Å². The molecular weight excluding hydrogens is 218 g/mol. The molecular formula is C11H13N5O. The molecule has 0 spiro atoms. The molecule has 0 aliphatic carbocycles. The highest BCUT2D eigenvalue weighted by Crippen LogP contribution is 2.08. The summed E-state index contributed by atoms with van der Waals surface area (Å²) in [7, 11) is 0. The van der Waals surface area contributed by atoms with Crippen LogP contribution in [0.2, 0.25) is 0 Å². The number of amides is 1. The number of aromatic amines is 1. The van der Waals surface area contributed by atoms with E-state index < -0.39 is 0 Å². The van der Waals surface area contributed by atoms with Crippen molar-refractivity contribution in [3.05, 3.63) is 36.4 Å². The Hall–Kier alpha value is -2.37. The van der Waals surface area contributed by atoms with E-state index in [2.05, 4.69) is 25.6 Å². The molecule has 0 bridgehead atoms. The average Bonchev–Trinajstić information content (AvgIpc) is 2.83. The molecule has 0 fully saturated rings. The largest absolute Gasteiger partial charge is 0.385 e. The number of carbonyl (C=O) groups is 1. The minimum atomic E-state index is -0.292. The number of nitrogens with zero attached hydrogens (tertiary/aromatic N) is 2. The van der Waals surface area contributed by atoms with E-state index in [1.807, 2.05) is 13.0 Å². The zero-order chi connectivity index (χ0) is 12.1. The Balaban J connectivity index is 2.11. The molecule has 0 radical (unpaired) electrons. The SMILES string of the molecule is CCNc1ccnc(C(=O)Nc2ncc[nH]2)c1. The smallest absolute Gasteiger partial charge is 0.276 e. The van der Waals surface area contributed by atoms with Crippen LogP contribution in [0, 0.1) is 0 Å². The summed E-state index contributed by atoms with van der Waals surface area (Å²) < 4.78 is 0. The molecule has 0 saturated carbocycles. The number of imidazole rings is 1. The van der Waals surface area contributed by atoms with Gasteiger partial charge >= 0.3 is 0 Å². The lowest BCUT2D eigenvalue weighted by atomic mass is 10.3. The first-order valence-electron chi connectivity index (χ1n) is 5.30. The van der Waals surface area contributed by atoms with Gasteiger partial charge in [0.2, 0.25) is 5.95 Å². The maximum Gasteiger partial charge on any atom is 0.276 e. The minimum Gasteiger partial charge on any atom is -0.385 e. The molecule has 2 heterocycles. The third-order valence-electron chi connectivity index (χ3n) is 2.10. The van der Waals surface area contributed by atoms with Crippen molar-refractivity contribution in [2.75, 3.05) is 17.2 Å². The third-order valence-corrected chi connectivity index (χ3v) is 2.10. The topological polar surface area (TPSA) is 82.7 Å². The van der Waals surface area contributed by atoms with Gasteiger partial charge in [-0.3, -0.25) is 15.1 Å². The van der Waals surface area contributed by atoms with Gasteiger partial charge in [-0.1, -0.05) is 0 Å². The second kappa shape index (κ2) is 5.11. The summed E-state index contributed by atoms with van der Waals surface area (Å²) in [6.07, 6.45) is 4.80. The van der Waals surface area contributed by atoms with Gasteiger partial charge < -0.3 is 10.3 Å². The van der Waals surface area contributed by atoms with E-state index in [1.165, 1.54) is 0 Å². The Kier molecular flexibility index (Phi) is 3.34. The number of hydrogen-bond acceptors (Lipinski definition) is 4. The molecule has 0 aliphatic heterocycles. The van der Waals surface area contributed by atoms with E-state index in [-0.39, 0.29) is 5.91 Å². The molecule has 0 unspecified atom stereocenters. The number of rotatable bonds is 4. The van der Waals surface area contributed by atoms with Crippen molar-refractivity contribution in [3.8, 4) is 0 Å². The van der Waals surface area contributed by atoms with Crippen LogP contribution < -0.4 is 10.6 Å². The molecule has 3 N–H and O–H groups in total. The van der Waals surface area contributed by atoms with Crippen molar-refractivity contribution in [1.82, 2.24) is 15.0 Å². The van der Waals surface area contributed by atoms with Crippen LogP contribution in [-0.2, 0) is 0 Å². The fourth-order valence-electron chi connectivity index (χ4n) is 1.37. The van der Waals surface area contributed by atoms with Crippen molar-refractivity contribution in [2.24, 2.45) is 0 Å². The molecule has 6 nitrogen and oxygen atoms in total. The summed E-state index contributed by atoms with van der Waals surface area (Å²) in [5.74, 6) is 0.116. The summed E-state index contributed by atoms with van der Waals surface area (Å²) in [5.41, 5.74) is 1.21. The standard InChI is InChI=1S/C11H13N5O/c1-2-12-8-3-4-13-9(7-8)10(17)16-11-14-5-6-15-11/h3-7H,2H2,1H3,(H,12,13)(H2,14,15,16,17). The maximum atomic E-state index is 11.8. The van der Waals surface area contributed by atoms with Gasteiger partial charge in [-0.15, -0.1) is 0 Å². The Morgan fingerprint density at radius 1 is 1.41 bits per heavy atom.